The van der Waals surface area contributed by atoms with Crippen molar-refractivity contribution in [3.8, 4) is 11.1 Å². The number of carbonyl (C=O) groups is 2. The van der Waals surface area contributed by atoms with Crippen molar-refractivity contribution in [3.63, 3.8) is 0 Å². The number of ether oxygens (including phenoxy) is 1. The molecule has 1 atom stereocenters. The quantitative estimate of drug-likeness (QED) is 0.627. The highest BCUT2D eigenvalue weighted by atomic mass is 16.5. The van der Waals surface area contributed by atoms with Crippen LogP contribution in [0.25, 0.3) is 11.1 Å². The Kier molecular flexibility index (Phi) is 6.42. The predicted molar refractivity (Wildman–Crippen MR) is 113 cm³/mol. The lowest BCUT2D eigenvalue weighted by atomic mass is 9.95. The molecule has 1 aliphatic heterocycles. The minimum absolute atomic E-state index is 0.283. The summed E-state index contributed by atoms with van der Waals surface area (Å²) in [5.41, 5.74) is 3.90. The number of nitrogens with zero attached hydrogens (tertiary/aromatic N) is 1. The molecule has 30 heavy (non-hydrogen) atoms. The lowest BCUT2D eigenvalue weighted by Gasteiger charge is -2.27. The van der Waals surface area contributed by atoms with Gasteiger partial charge in [-0.3, -0.25) is 14.5 Å². The number of rotatable bonds is 7. The molecule has 2 aliphatic rings. The average Bonchev–Trinajstić information content (AvgIpc) is 3.12. The molecule has 2 amide bonds. The number of aliphatic hydroxyl groups is 1. The Morgan fingerprint density at radius 2 is 1.63 bits per heavy atom. The van der Waals surface area contributed by atoms with Crippen LogP contribution in [0.4, 0.5) is 0 Å². The standard InChI is InChI=1S/C23H27N3O4/c27-15-20(22(28)24-9-10-26-11-13-30-14-12-26)25-23(29)21-18-7-3-1-5-16(18)17-6-2-4-8-19(17)21/h1-8,20-21,27H,9-15H2,(H,24,28)(H,25,29). The van der Waals surface area contributed by atoms with E-state index in [9.17, 15) is 14.7 Å². The SMILES string of the molecule is O=C(NCCN1CCOCC1)C(CO)NC(=O)C1c2ccccc2-c2ccccc21. The van der Waals surface area contributed by atoms with Crippen molar-refractivity contribution in [1.82, 2.24) is 15.5 Å². The second kappa shape index (κ2) is 9.38. The molecule has 7 heteroatoms. The van der Waals surface area contributed by atoms with E-state index in [0.29, 0.717) is 26.3 Å². The van der Waals surface area contributed by atoms with E-state index >= 15 is 0 Å². The summed E-state index contributed by atoms with van der Waals surface area (Å²) in [7, 11) is 0. The molecule has 0 radical (unpaired) electrons. The maximum absolute atomic E-state index is 13.1. The fraction of sp³-hybridized carbons (Fsp3) is 0.391. The van der Waals surface area contributed by atoms with E-state index in [4.69, 9.17) is 4.74 Å². The van der Waals surface area contributed by atoms with Gasteiger partial charge in [-0.25, -0.2) is 0 Å². The number of fused-ring (bicyclic) bond motifs is 3. The van der Waals surface area contributed by atoms with E-state index < -0.39 is 18.6 Å². The minimum atomic E-state index is -0.984. The Morgan fingerprint density at radius 3 is 2.23 bits per heavy atom. The molecule has 0 spiro atoms. The molecule has 1 heterocycles. The molecule has 1 fully saturated rings. The molecule has 0 saturated carbocycles. The third kappa shape index (κ3) is 4.23. The summed E-state index contributed by atoms with van der Waals surface area (Å²) in [4.78, 5) is 27.9. The summed E-state index contributed by atoms with van der Waals surface area (Å²) >= 11 is 0. The van der Waals surface area contributed by atoms with Gasteiger partial charge in [0.25, 0.3) is 0 Å². The molecule has 158 valence electrons. The van der Waals surface area contributed by atoms with Gasteiger partial charge in [0.1, 0.15) is 6.04 Å². The number of aliphatic hydroxyl groups excluding tert-OH is 1. The molecule has 1 saturated heterocycles. The molecular formula is C23H27N3O4. The van der Waals surface area contributed by atoms with Gasteiger partial charge in [-0.2, -0.15) is 0 Å². The van der Waals surface area contributed by atoms with Crippen LogP contribution in [0.5, 0.6) is 0 Å². The molecule has 2 aromatic carbocycles. The van der Waals surface area contributed by atoms with Crippen LogP contribution in [0.15, 0.2) is 48.5 Å². The molecule has 0 bridgehead atoms. The van der Waals surface area contributed by atoms with E-state index in [1.54, 1.807) is 0 Å². The maximum atomic E-state index is 13.1. The second-order valence-corrected chi connectivity index (χ2v) is 7.60. The molecule has 0 aromatic heterocycles. The van der Waals surface area contributed by atoms with Crippen molar-refractivity contribution in [3.05, 3.63) is 59.7 Å². The fourth-order valence-corrected chi connectivity index (χ4v) is 4.17. The van der Waals surface area contributed by atoms with Gasteiger partial charge in [-0.05, 0) is 22.3 Å². The zero-order chi connectivity index (χ0) is 20.9. The maximum Gasteiger partial charge on any atom is 0.245 e. The van der Waals surface area contributed by atoms with Gasteiger partial charge < -0.3 is 20.5 Å². The molecular weight excluding hydrogens is 382 g/mol. The first-order valence-corrected chi connectivity index (χ1v) is 10.4. The summed E-state index contributed by atoms with van der Waals surface area (Å²) in [6.07, 6.45) is 0. The lowest BCUT2D eigenvalue weighted by Crippen LogP contribution is -2.51. The van der Waals surface area contributed by atoms with Crippen molar-refractivity contribution in [2.24, 2.45) is 0 Å². The monoisotopic (exact) mass is 409 g/mol. The van der Waals surface area contributed by atoms with E-state index in [1.807, 2.05) is 48.5 Å². The van der Waals surface area contributed by atoms with Crippen LogP contribution in [0.3, 0.4) is 0 Å². The van der Waals surface area contributed by atoms with E-state index in [1.165, 1.54) is 0 Å². The van der Waals surface area contributed by atoms with Crippen molar-refractivity contribution in [1.29, 1.82) is 0 Å². The normalized spacial score (nSPS) is 17.1. The van der Waals surface area contributed by atoms with Crippen LogP contribution < -0.4 is 10.6 Å². The van der Waals surface area contributed by atoms with Gasteiger partial charge in [0.05, 0.1) is 25.7 Å². The number of morpholine rings is 1. The smallest absolute Gasteiger partial charge is 0.245 e. The van der Waals surface area contributed by atoms with Gasteiger partial charge in [-0.15, -0.1) is 0 Å². The lowest BCUT2D eigenvalue weighted by molar-refractivity contribution is -0.130. The zero-order valence-electron chi connectivity index (χ0n) is 16.8. The molecule has 2 aromatic rings. The van der Waals surface area contributed by atoms with Crippen molar-refractivity contribution >= 4 is 11.8 Å². The molecule has 3 N–H and O–H groups in total. The number of hydrogen-bond donors (Lipinski definition) is 3. The van der Waals surface area contributed by atoms with Gasteiger partial charge in [0.15, 0.2) is 0 Å². The van der Waals surface area contributed by atoms with Crippen LogP contribution in [0.2, 0.25) is 0 Å². The van der Waals surface area contributed by atoms with Gasteiger partial charge in [0, 0.05) is 26.2 Å². The number of amides is 2. The van der Waals surface area contributed by atoms with E-state index in [2.05, 4.69) is 15.5 Å². The Hall–Kier alpha value is -2.74. The van der Waals surface area contributed by atoms with Crippen LogP contribution in [-0.4, -0.2) is 73.9 Å². The predicted octanol–water partition coefficient (Wildman–Crippen LogP) is 0.724. The van der Waals surface area contributed by atoms with Gasteiger partial charge >= 0.3 is 0 Å². The first-order chi connectivity index (χ1) is 14.7. The Morgan fingerprint density at radius 1 is 1.03 bits per heavy atom. The van der Waals surface area contributed by atoms with Crippen molar-refractivity contribution in [2.45, 2.75) is 12.0 Å². The Bertz CT molecular complexity index is 865. The topological polar surface area (TPSA) is 90.9 Å². The molecule has 4 rings (SSSR count). The summed E-state index contributed by atoms with van der Waals surface area (Å²) in [5.74, 6) is -1.15. The Balaban J connectivity index is 1.40. The zero-order valence-corrected chi connectivity index (χ0v) is 16.8. The second-order valence-electron chi connectivity index (χ2n) is 7.60. The molecule has 7 nitrogen and oxygen atoms in total. The summed E-state index contributed by atoms with van der Waals surface area (Å²) in [6.45, 7) is 3.81. The summed E-state index contributed by atoms with van der Waals surface area (Å²) in [6, 6.07) is 14.6. The van der Waals surface area contributed by atoms with E-state index in [0.717, 1.165) is 35.3 Å². The van der Waals surface area contributed by atoms with Crippen LogP contribution in [-0.2, 0) is 14.3 Å². The van der Waals surface area contributed by atoms with Gasteiger partial charge in [0.2, 0.25) is 11.8 Å². The molecule has 1 aliphatic carbocycles. The number of hydrogen-bond acceptors (Lipinski definition) is 5. The van der Waals surface area contributed by atoms with Gasteiger partial charge in [-0.1, -0.05) is 48.5 Å². The van der Waals surface area contributed by atoms with Crippen molar-refractivity contribution < 1.29 is 19.4 Å². The first kappa shape index (κ1) is 20.5. The number of carbonyl (C=O) groups excluding carboxylic acids is 2. The molecule has 1 unspecified atom stereocenters. The highest BCUT2D eigenvalue weighted by molar-refractivity contribution is 5.98. The van der Waals surface area contributed by atoms with Crippen LogP contribution >= 0.6 is 0 Å². The third-order valence-electron chi connectivity index (χ3n) is 5.74. The first-order valence-electron chi connectivity index (χ1n) is 10.4. The largest absolute Gasteiger partial charge is 0.394 e. The van der Waals surface area contributed by atoms with Crippen LogP contribution in [0, 0.1) is 0 Å². The summed E-state index contributed by atoms with van der Waals surface area (Å²) in [5, 5.41) is 15.3. The van der Waals surface area contributed by atoms with E-state index in [-0.39, 0.29) is 11.8 Å². The number of nitrogens with one attached hydrogen (secondary N) is 2. The minimum Gasteiger partial charge on any atom is -0.394 e. The fourth-order valence-electron chi connectivity index (χ4n) is 4.17. The highest BCUT2D eigenvalue weighted by Crippen LogP contribution is 2.44. The average molecular weight is 409 g/mol. The van der Waals surface area contributed by atoms with Crippen molar-refractivity contribution in [2.75, 3.05) is 46.0 Å². The third-order valence-corrected chi connectivity index (χ3v) is 5.74. The highest BCUT2D eigenvalue weighted by Gasteiger charge is 2.35. The number of benzene rings is 2. The Labute approximate surface area is 176 Å². The van der Waals surface area contributed by atoms with Crippen LogP contribution in [0.1, 0.15) is 17.0 Å². The summed E-state index contributed by atoms with van der Waals surface area (Å²) < 4.78 is 5.32.